The molecule has 0 aromatic rings. The Hall–Kier alpha value is -0.0800. The fourth-order valence-corrected chi connectivity index (χ4v) is 2.74. The Morgan fingerprint density at radius 2 is 2.07 bits per heavy atom. The van der Waals surface area contributed by atoms with Gasteiger partial charge in [-0.3, -0.25) is 0 Å². The van der Waals surface area contributed by atoms with Gasteiger partial charge in [0.1, 0.15) is 0 Å². The van der Waals surface area contributed by atoms with Gasteiger partial charge in [-0.25, -0.2) is 0 Å². The fourth-order valence-electron chi connectivity index (χ4n) is 2.74. The van der Waals surface area contributed by atoms with Crippen molar-refractivity contribution in [1.82, 2.24) is 5.32 Å². The molecular formula is C13H25NO. The van der Waals surface area contributed by atoms with Crippen molar-refractivity contribution in [2.75, 3.05) is 13.2 Å². The zero-order valence-corrected chi connectivity index (χ0v) is 10.3. The molecule has 0 spiro atoms. The Kier molecular flexibility index (Phi) is 3.68. The maximum Gasteiger partial charge on any atom is 0.0588 e. The molecule has 1 N–H and O–H groups in total. The van der Waals surface area contributed by atoms with Gasteiger partial charge < -0.3 is 10.1 Å². The molecule has 2 nitrogen and oxygen atoms in total. The molecule has 2 rings (SSSR count). The van der Waals surface area contributed by atoms with Crippen LogP contribution in [0.3, 0.4) is 0 Å². The second-order valence-electron chi connectivity index (χ2n) is 5.71. The maximum absolute atomic E-state index is 5.57. The van der Waals surface area contributed by atoms with E-state index in [1.165, 1.54) is 19.3 Å². The smallest absolute Gasteiger partial charge is 0.0588 e. The highest BCUT2D eigenvalue weighted by Gasteiger charge is 2.32. The van der Waals surface area contributed by atoms with Gasteiger partial charge in [-0.15, -0.1) is 0 Å². The van der Waals surface area contributed by atoms with E-state index in [1.807, 2.05) is 0 Å². The molecule has 2 heteroatoms. The van der Waals surface area contributed by atoms with Gasteiger partial charge in [-0.2, -0.15) is 0 Å². The summed E-state index contributed by atoms with van der Waals surface area (Å²) in [5, 5.41) is 3.70. The topological polar surface area (TPSA) is 21.3 Å². The predicted octanol–water partition coefficient (Wildman–Crippen LogP) is 2.44. The van der Waals surface area contributed by atoms with Crippen LogP contribution in [0.2, 0.25) is 0 Å². The lowest BCUT2D eigenvalue weighted by Crippen LogP contribution is -2.45. The third-order valence-electron chi connectivity index (χ3n) is 4.32. The van der Waals surface area contributed by atoms with Crippen LogP contribution in [0, 0.1) is 17.8 Å². The number of rotatable bonds is 4. The van der Waals surface area contributed by atoms with Crippen LogP contribution in [0.15, 0.2) is 0 Å². The zero-order valence-electron chi connectivity index (χ0n) is 10.3. The quantitative estimate of drug-likeness (QED) is 0.771. The van der Waals surface area contributed by atoms with Crippen molar-refractivity contribution in [3.05, 3.63) is 0 Å². The number of ether oxygens (including phenoxy) is 1. The van der Waals surface area contributed by atoms with Crippen molar-refractivity contribution in [3.8, 4) is 0 Å². The highest BCUT2D eigenvalue weighted by atomic mass is 16.5. The minimum Gasteiger partial charge on any atom is -0.378 e. The summed E-state index contributed by atoms with van der Waals surface area (Å²) in [6.45, 7) is 9.02. The van der Waals surface area contributed by atoms with Gasteiger partial charge in [0, 0.05) is 19.2 Å². The third-order valence-corrected chi connectivity index (χ3v) is 4.32. The molecule has 0 bridgehead atoms. The average molecular weight is 211 g/mol. The van der Waals surface area contributed by atoms with E-state index in [1.54, 1.807) is 0 Å². The largest absolute Gasteiger partial charge is 0.378 e. The first kappa shape index (κ1) is 11.4. The van der Waals surface area contributed by atoms with E-state index in [-0.39, 0.29) is 0 Å². The predicted molar refractivity (Wildman–Crippen MR) is 62.9 cm³/mol. The van der Waals surface area contributed by atoms with Gasteiger partial charge in [0.05, 0.1) is 6.10 Å². The zero-order chi connectivity index (χ0) is 10.8. The minimum absolute atomic E-state index is 0.471. The highest BCUT2D eigenvalue weighted by molar-refractivity contribution is 4.88. The van der Waals surface area contributed by atoms with Crippen LogP contribution in [-0.2, 0) is 4.74 Å². The van der Waals surface area contributed by atoms with Crippen LogP contribution < -0.4 is 5.32 Å². The van der Waals surface area contributed by atoms with Crippen LogP contribution in [0.1, 0.15) is 40.0 Å². The minimum atomic E-state index is 0.471. The molecule has 1 aliphatic carbocycles. The standard InChI is InChI=1S/C13H25NO/c1-9(2)12-6-13(7-12)14-8-11-4-5-15-10(11)3/h9-14H,4-8H2,1-3H3. The van der Waals surface area contributed by atoms with Crippen molar-refractivity contribution in [3.63, 3.8) is 0 Å². The summed E-state index contributed by atoms with van der Waals surface area (Å²) >= 11 is 0. The first-order valence-electron chi connectivity index (χ1n) is 6.51. The Balaban J connectivity index is 1.60. The molecule has 2 atom stereocenters. The first-order chi connectivity index (χ1) is 7.16. The van der Waals surface area contributed by atoms with Crippen LogP contribution in [0.5, 0.6) is 0 Å². The third kappa shape index (κ3) is 2.73. The molecule has 15 heavy (non-hydrogen) atoms. The number of hydrogen-bond acceptors (Lipinski definition) is 2. The van der Waals surface area contributed by atoms with E-state index in [2.05, 4.69) is 26.1 Å². The molecule has 1 saturated carbocycles. The normalized spacial score (nSPS) is 40.8. The molecule has 1 saturated heterocycles. The van der Waals surface area contributed by atoms with Crippen LogP contribution in [0.4, 0.5) is 0 Å². The SMILES string of the molecule is CC(C)C1CC(NCC2CCOC2C)C1. The summed E-state index contributed by atoms with van der Waals surface area (Å²) in [7, 11) is 0. The maximum atomic E-state index is 5.57. The number of hydrogen-bond donors (Lipinski definition) is 1. The molecule has 2 unspecified atom stereocenters. The van der Waals surface area contributed by atoms with Gasteiger partial charge >= 0.3 is 0 Å². The van der Waals surface area contributed by atoms with E-state index < -0.39 is 0 Å². The second kappa shape index (κ2) is 4.84. The summed E-state index contributed by atoms with van der Waals surface area (Å²) in [6.07, 6.45) is 4.49. The highest BCUT2D eigenvalue weighted by Crippen LogP contribution is 2.33. The molecule has 1 aliphatic heterocycles. The van der Waals surface area contributed by atoms with Gasteiger partial charge in [0.15, 0.2) is 0 Å². The monoisotopic (exact) mass is 211 g/mol. The van der Waals surface area contributed by atoms with Crippen molar-refractivity contribution in [2.24, 2.45) is 17.8 Å². The van der Waals surface area contributed by atoms with Crippen molar-refractivity contribution < 1.29 is 4.74 Å². The summed E-state index contributed by atoms with van der Waals surface area (Å²) in [5.74, 6) is 2.60. The summed E-state index contributed by atoms with van der Waals surface area (Å²) in [6, 6.07) is 0.796. The molecule has 88 valence electrons. The fraction of sp³-hybridized carbons (Fsp3) is 1.00. The molecule has 2 fully saturated rings. The van der Waals surface area contributed by atoms with Gasteiger partial charge in [0.25, 0.3) is 0 Å². The van der Waals surface area contributed by atoms with E-state index >= 15 is 0 Å². The molecule has 0 amide bonds. The van der Waals surface area contributed by atoms with Gasteiger partial charge in [-0.1, -0.05) is 13.8 Å². The summed E-state index contributed by atoms with van der Waals surface area (Å²) in [4.78, 5) is 0. The lowest BCUT2D eigenvalue weighted by molar-refractivity contribution is 0.0998. The molecule has 0 aromatic carbocycles. The Bertz CT molecular complexity index is 199. The Labute approximate surface area is 93.8 Å². The molecule has 1 heterocycles. The van der Waals surface area contributed by atoms with E-state index in [0.717, 1.165) is 36.9 Å². The Morgan fingerprint density at radius 1 is 1.33 bits per heavy atom. The molecule has 0 radical (unpaired) electrons. The molecule has 0 aromatic heterocycles. The van der Waals surface area contributed by atoms with Gasteiger partial charge in [0.2, 0.25) is 0 Å². The van der Waals surface area contributed by atoms with Crippen LogP contribution in [0.25, 0.3) is 0 Å². The summed E-state index contributed by atoms with van der Waals surface area (Å²) < 4.78 is 5.57. The second-order valence-corrected chi connectivity index (χ2v) is 5.71. The van der Waals surface area contributed by atoms with Crippen molar-refractivity contribution in [1.29, 1.82) is 0 Å². The average Bonchev–Trinajstić information content (AvgIpc) is 2.48. The Morgan fingerprint density at radius 3 is 2.60 bits per heavy atom. The van der Waals surface area contributed by atoms with E-state index in [9.17, 15) is 0 Å². The lowest BCUT2D eigenvalue weighted by atomic mass is 9.73. The van der Waals surface area contributed by atoms with Gasteiger partial charge in [-0.05, 0) is 43.9 Å². The molecule has 2 aliphatic rings. The number of nitrogens with one attached hydrogen (secondary N) is 1. The first-order valence-corrected chi connectivity index (χ1v) is 6.51. The van der Waals surface area contributed by atoms with E-state index in [4.69, 9.17) is 4.74 Å². The van der Waals surface area contributed by atoms with Crippen molar-refractivity contribution >= 4 is 0 Å². The lowest BCUT2D eigenvalue weighted by Gasteiger charge is -2.39. The van der Waals surface area contributed by atoms with E-state index in [0.29, 0.717) is 6.10 Å². The summed E-state index contributed by atoms with van der Waals surface area (Å²) in [5.41, 5.74) is 0. The van der Waals surface area contributed by atoms with Crippen molar-refractivity contribution in [2.45, 2.75) is 52.2 Å². The molecular weight excluding hydrogens is 186 g/mol. The van der Waals surface area contributed by atoms with Crippen LogP contribution in [-0.4, -0.2) is 25.3 Å². The van der Waals surface area contributed by atoms with Crippen LogP contribution >= 0.6 is 0 Å².